The molecule has 0 aliphatic rings. The van der Waals surface area contributed by atoms with E-state index >= 15 is 0 Å². The molecule has 2 nitrogen and oxygen atoms in total. The Morgan fingerprint density at radius 1 is 0.688 bits per heavy atom. The summed E-state index contributed by atoms with van der Waals surface area (Å²) in [7, 11) is 0. The normalized spacial score (nSPS) is 11.1. The quantitative estimate of drug-likeness (QED) is 0.529. The Balaban J connectivity index is 2.60. The summed E-state index contributed by atoms with van der Waals surface area (Å²) < 4.78 is 0. The summed E-state index contributed by atoms with van der Waals surface area (Å²) in [5.74, 6) is 0. The molecule has 0 N–H and O–H groups in total. The zero-order valence-electron chi connectivity index (χ0n) is 9.36. The van der Waals surface area contributed by atoms with E-state index in [2.05, 4.69) is 60.4 Å². The average Bonchev–Trinajstić information content (AvgIpc) is 2.30. The van der Waals surface area contributed by atoms with E-state index in [0.717, 1.165) is 11.0 Å². The van der Waals surface area contributed by atoms with Gasteiger partial charge in [-0.1, -0.05) is 36.4 Å². The Bertz CT molecular complexity index is 626. The molecule has 3 rings (SSSR count). The summed E-state index contributed by atoms with van der Waals surface area (Å²) in [5, 5.41) is 11.0. The molecule has 0 atom stereocenters. The van der Waals surface area contributed by atoms with Crippen molar-refractivity contribution in [3.05, 3.63) is 47.5 Å². The topological polar surface area (TPSA) is 25.8 Å². The Hall–Kier alpha value is -1.96. The highest BCUT2D eigenvalue weighted by Gasteiger charge is 2.05. The van der Waals surface area contributed by atoms with Crippen LogP contribution in [0.3, 0.4) is 0 Å². The fourth-order valence-electron chi connectivity index (χ4n) is 2.12. The monoisotopic (exact) mass is 208 g/mol. The third-order valence-corrected chi connectivity index (χ3v) is 3.02. The van der Waals surface area contributed by atoms with Gasteiger partial charge in [0, 0.05) is 10.8 Å². The minimum atomic E-state index is 1.00. The molecule has 0 amide bonds. The van der Waals surface area contributed by atoms with Crippen molar-refractivity contribution in [1.82, 2.24) is 10.2 Å². The van der Waals surface area contributed by atoms with Crippen molar-refractivity contribution in [3.63, 3.8) is 0 Å². The second kappa shape index (κ2) is 3.27. The SMILES string of the molecule is Cc1cccc2c1nnc1c(C)cccc12. The van der Waals surface area contributed by atoms with Crippen LogP contribution in [0.2, 0.25) is 0 Å². The van der Waals surface area contributed by atoms with E-state index in [0.29, 0.717) is 0 Å². The largest absolute Gasteiger partial charge is 0.150 e. The summed E-state index contributed by atoms with van der Waals surface area (Å²) in [6, 6.07) is 12.5. The number of aromatic nitrogens is 2. The fraction of sp³-hybridized carbons (Fsp3) is 0.143. The molecule has 1 aromatic heterocycles. The van der Waals surface area contributed by atoms with Gasteiger partial charge in [0.1, 0.15) is 0 Å². The van der Waals surface area contributed by atoms with Crippen LogP contribution in [0.4, 0.5) is 0 Å². The van der Waals surface area contributed by atoms with Crippen LogP contribution in [0, 0.1) is 13.8 Å². The zero-order chi connectivity index (χ0) is 11.1. The first-order valence-electron chi connectivity index (χ1n) is 5.39. The molecule has 2 aromatic carbocycles. The second-order valence-electron chi connectivity index (χ2n) is 4.14. The predicted molar refractivity (Wildman–Crippen MR) is 66.5 cm³/mol. The zero-order valence-corrected chi connectivity index (χ0v) is 9.36. The Morgan fingerprint density at radius 2 is 1.12 bits per heavy atom. The number of fused-ring (bicyclic) bond motifs is 3. The maximum atomic E-state index is 4.32. The van der Waals surface area contributed by atoms with E-state index in [1.54, 1.807) is 0 Å². The smallest absolute Gasteiger partial charge is 0.0965 e. The molecule has 0 aliphatic heterocycles. The lowest BCUT2D eigenvalue weighted by Crippen LogP contribution is -1.91. The van der Waals surface area contributed by atoms with E-state index in [1.165, 1.54) is 21.9 Å². The summed E-state index contributed by atoms with van der Waals surface area (Å²) >= 11 is 0. The van der Waals surface area contributed by atoms with Gasteiger partial charge in [-0.05, 0) is 25.0 Å². The molecule has 3 aromatic rings. The molecule has 0 saturated heterocycles. The Morgan fingerprint density at radius 3 is 1.56 bits per heavy atom. The molecule has 0 spiro atoms. The van der Waals surface area contributed by atoms with Crippen molar-refractivity contribution in [3.8, 4) is 0 Å². The van der Waals surface area contributed by atoms with Crippen molar-refractivity contribution in [1.29, 1.82) is 0 Å². The third-order valence-electron chi connectivity index (χ3n) is 3.02. The van der Waals surface area contributed by atoms with E-state index in [9.17, 15) is 0 Å². The number of rotatable bonds is 0. The van der Waals surface area contributed by atoms with Gasteiger partial charge in [0.15, 0.2) is 0 Å². The van der Waals surface area contributed by atoms with Crippen molar-refractivity contribution >= 4 is 21.8 Å². The van der Waals surface area contributed by atoms with Gasteiger partial charge in [0.25, 0.3) is 0 Å². The third kappa shape index (κ3) is 1.20. The van der Waals surface area contributed by atoms with Crippen LogP contribution >= 0.6 is 0 Å². The number of benzene rings is 2. The van der Waals surface area contributed by atoms with E-state index in [-0.39, 0.29) is 0 Å². The molecule has 0 aliphatic carbocycles. The molecule has 2 heteroatoms. The first kappa shape index (κ1) is 9.28. The van der Waals surface area contributed by atoms with Crippen LogP contribution < -0.4 is 0 Å². The molecular formula is C14H12N2. The Kier molecular flexibility index (Phi) is 1.90. The highest BCUT2D eigenvalue weighted by Crippen LogP contribution is 2.25. The summed E-state index contributed by atoms with van der Waals surface area (Å²) in [4.78, 5) is 0. The first-order chi connectivity index (χ1) is 7.77. The first-order valence-corrected chi connectivity index (χ1v) is 5.39. The average molecular weight is 208 g/mol. The van der Waals surface area contributed by atoms with Crippen LogP contribution in [0.5, 0.6) is 0 Å². The van der Waals surface area contributed by atoms with Gasteiger partial charge < -0.3 is 0 Å². The van der Waals surface area contributed by atoms with Gasteiger partial charge >= 0.3 is 0 Å². The van der Waals surface area contributed by atoms with Crippen molar-refractivity contribution in [2.45, 2.75) is 13.8 Å². The van der Waals surface area contributed by atoms with Crippen molar-refractivity contribution < 1.29 is 0 Å². The van der Waals surface area contributed by atoms with Gasteiger partial charge in [-0.15, -0.1) is 10.2 Å². The molecule has 0 bridgehead atoms. The second-order valence-corrected chi connectivity index (χ2v) is 4.14. The highest BCUT2D eigenvalue weighted by molar-refractivity contribution is 6.05. The van der Waals surface area contributed by atoms with Gasteiger partial charge in [-0.25, -0.2) is 0 Å². The predicted octanol–water partition coefficient (Wildman–Crippen LogP) is 3.40. The maximum Gasteiger partial charge on any atom is 0.0965 e. The van der Waals surface area contributed by atoms with Crippen molar-refractivity contribution in [2.24, 2.45) is 0 Å². The molecule has 1 heterocycles. The number of nitrogens with zero attached hydrogens (tertiary/aromatic N) is 2. The van der Waals surface area contributed by atoms with Gasteiger partial charge in [0.05, 0.1) is 11.0 Å². The molecule has 0 unspecified atom stereocenters. The lowest BCUT2D eigenvalue weighted by molar-refractivity contribution is 1.11. The van der Waals surface area contributed by atoms with Crippen LogP contribution in [0.15, 0.2) is 36.4 Å². The minimum absolute atomic E-state index is 1.00. The summed E-state index contributed by atoms with van der Waals surface area (Å²) in [6.07, 6.45) is 0. The van der Waals surface area contributed by atoms with E-state index in [4.69, 9.17) is 0 Å². The standard InChI is InChI=1S/C14H12N2/c1-9-5-3-7-11-12-8-4-6-10(2)14(12)16-15-13(9)11/h3-8H,1-2H3. The lowest BCUT2D eigenvalue weighted by Gasteiger charge is -2.05. The molecule has 0 radical (unpaired) electrons. The van der Waals surface area contributed by atoms with Crippen molar-refractivity contribution in [2.75, 3.05) is 0 Å². The molecule has 0 saturated carbocycles. The van der Waals surface area contributed by atoms with Crippen LogP contribution in [-0.4, -0.2) is 10.2 Å². The van der Waals surface area contributed by atoms with E-state index < -0.39 is 0 Å². The molecule has 16 heavy (non-hydrogen) atoms. The number of hydrogen-bond donors (Lipinski definition) is 0. The van der Waals surface area contributed by atoms with Gasteiger partial charge in [-0.2, -0.15) is 0 Å². The fourth-order valence-corrected chi connectivity index (χ4v) is 2.12. The van der Waals surface area contributed by atoms with Crippen LogP contribution in [0.25, 0.3) is 21.8 Å². The summed E-state index contributed by atoms with van der Waals surface area (Å²) in [6.45, 7) is 4.14. The number of hydrogen-bond acceptors (Lipinski definition) is 2. The van der Waals surface area contributed by atoms with Crippen LogP contribution in [-0.2, 0) is 0 Å². The highest BCUT2D eigenvalue weighted by atomic mass is 15.1. The minimum Gasteiger partial charge on any atom is -0.150 e. The summed E-state index contributed by atoms with van der Waals surface area (Å²) in [5.41, 5.74) is 4.35. The molecule has 78 valence electrons. The Labute approximate surface area is 93.9 Å². The van der Waals surface area contributed by atoms with Gasteiger partial charge in [0.2, 0.25) is 0 Å². The van der Waals surface area contributed by atoms with Crippen LogP contribution in [0.1, 0.15) is 11.1 Å². The van der Waals surface area contributed by atoms with Gasteiger partial charge in [-0.3, -0.25) is 0 Å². The molecular weight excluding hydrogens is 196 g/mol. The maximum absolute atomic E-state index is 4.32. The van der Waals surface area contributed by atoms with E-state index in [1.807, 2.05) is 0 Å². The molecule has 0 fully saturated rings. The number of aryl methyl sites for hydroxylation is 2. The lowest BCUT2D eigenvalue weighted by atomic mass is 10.0.